The predicted octanol–water partition coefficient (Wildman–Crippen LogP) is 1.87. The molecule has 1 radical (unpaired) electrons. The fourth-order valence-electron chi connectivity index (χ4n) is 0.494. The van der Waals surface area contributed by atoms with Crippen LogP contribution in [0.2, 0.25) is 0 Å². The topological polar surface area (TPSA) is 0 Å². The Morgan fingerprint density at radius 2 is 1.86 bits per heavy atom. The first-order chi connectivity index (χ1) is 3.30. The molecule has 0 heterocycles. The zero-order valence-corrected chi connectivity index (χ0v) is 4.15. The average Bonchev–Trinajstić information content (AvgIpc) is 1.91. The van der Waals surface area contributed by atoms with E-state index in [9.17, 15) is 0 Å². The zero-order valence-electron chi connectivity index (χ0n) is 4.15. The molecule has 35 valence electrons. The van der Waals surface area contributed by atoms with Gasteiger partial charge in [0, 0.05) is 6.42 Å². The monoisotopic (exact) mass is 91.1 g/mol. The number of rotatable bonds is 0. The van der Waals surface area contributed by atoms with Crippen LogP contribution in [0.3, 0.4) is 0 Å². The van der Waals surface area contributed by atoms with Crippen molar-refractivity contribution < 1.29 is 0 Å². The first-order valence-corrected chi connectivity index (χ1v) is 2.20. The van der Waals surface area contributed by atoms with E-state index in [1.54, 1.807) is 0 Å². The molecule has 0 nitrogen and oxygen atoms in total. The zero-order chi connectivity index (χ0) is 5.28. The van der Waals surface area contributed by atoms with E-state index in [4.69, 9.17) is 0 Å². The molecule has 0 N–H and O–H groups in total. The first-order valence-electron chi connectivity index (χ1n) is 2.20. The van der Waals surface area contributed by atoms with E-state index in [1.165, 1.54) is 0 Å². The van der Waals surface area contributed by atoms with Gasteiger partial charge in [-0.2, -0.15) is 0 Å². The van der Waals surface area contributed by atoms with Crippen LogP contribution in [0.4, 0.5) is 0 Å². The summed E-state index contributed by atoms with van der Waals surface area (Å²) >= 11 is 0. The van der Waals surface area contributed by atoms with E-state index in [0.29, 0.717) is 0 Å². The van der Waals surface area contributed by atoms with Gasteiger partial charge in [0.25, 0.3) is 0 Å². The number of hydrogen-bond donors (Lipinski definition) is 0. The molecular weight excluding hydrogens is 84.1 g/mol. The third-order valence-corrected chi connectivity index (χ3v) is 1.01. The van der Waals surface area contributed by atoms with Crippen molar-refractivity contribution in [2.24, 2.45) is 0 Å². The van der Waals surface area contributed by atoms with Crippen molar-refractivity contribution in [2.45, 2.75) is 0 Å². The summed E-state index contributed by atoms with van der Waals surface area (Å²) < 4.78 is 0. The number of hydrogen-bond acceptors (Lipinski definition) is 0. The van der Waals surface area contributed by atoms with Gasteiger partial charge in [0.1, 0.15) is 0 Å². The van der Waals surface area contributed by atoms with Crippen molar-refractivity contribution in [3.05, 3.63) is 42.9 Å². The summed E-state index contributed by atoms with van der Waals surface area (Å²) in [7, 11) is 0. The fraction of sp³-hybridized carbons (Fsp3) is 0. The number of allylic oxidation sites excluding steroid dienone is 4. The lowest BCUT2D eigenvalue weighted by atomic mass is 10.2. The van der Waals surface area contributed by atoms with Crippen molar-refractivity contribution in [1.82, 2.24) is 0 Å². The first kappa shape index (κ1) is 4.38. The van der Waals surface area contributed by atoms with E-state index in [-0.39, 0.29) is 0 Å². The lowest BCUT2D eigenvalue weighted by molar-refractivity contribution is 1.63. The Morgan fingerprint density at radius 1 is 1.14 bits per heavy atom. The molecule has 0 fully saturated rings. The van der Waals surface area contributed by atoms with Crippen LogP contribution in [-0.4, -0.2) is 0 Å². The average molecular weight is 91.1 g/mol. The van der Waals surface area contributed by atoms with Crippen molar-refractivity contribution in [3.63, 3.8) is 0 Å². The van der Waals surface area contributed by atoms with Crippen LogP contribution >= 0.6 is 0 Å². The second-order valence-electron chi connectivity index (χ2n) is 1.58. The molecule has 0 aromatic heterocycles. The van der Waals surface area contributed by atoms with Crippen molar-refractivity contribution in [3.8, 4) is 0 Å². The van der Waals surface area contributed by atoms with Crippen LogP contribution in [0, 0.1) is 6.42 Å². The lowest BCUT2D eigenvalue weighted by Gasteiger charge is -1.87. The largest absolute Gasteiger partial charge is 0.0946 e. The van der Waals surface area contributed by atoms with Crippen LogP contribution in [-0.2, 0) is 0 Å². The lowest BCUT2D eigenvalue weighted by Crippen LogP contribution is -1.69. The second kappa shape index (κ2) is 1.38. The molecule has 7 heavy (non-hydrogen) atoms. The quantitative estimate of drug-likeness (QED) is 0.427. The van der Waals surface area contributed by atoms with Gasteiger partial charge >= 0.3 is 0 Å². The Labute approximate surface area is 43.9 Å². The van der Waals surface area contributed by atoms with Gasteiger partial charge in [-0.05, 0) is 11.1 Å². The molecule has 0 saturated heterocycles. The summed E-state index contributed by atoms with van der Waals surface area (Å²) in [6, 6.07) is 0. The minimum atomic E-state index is 1.03. The van der Waals surface area contributed by atoms with Crippen LogP contribution in [0.25, 0.3) is 0 Å². The van der Waals surface area contributed by atoms with Gasteiger partial charge in [-0.1, -0.05) is 25.3 Å². The van der Waals surface area contributed by atoms with Crippen LogP contribution in [0.1, 0.15) is 0 Å². The van der Waals surface area contributed by atoms with Gasteiger partial charge in [0.05, 0.1) is 0 Å². The molecule has 0 aliphatic heterocycles. The van der Waals surface area contributed by atoms with Crippen LogP contribution in [0.15, 0.2) is 36.5 Å². The summed E-state index contributed by atoms with van der Waals surface area (Å²) in [5.41, 5.74) is 2.06. The maximum Gasteiger partial charge on any atom is 0.0125 e. The molecule has 1 rings (SSSR count). The molecule has 0 spiro atoms. The second-order valence-corrected chi connectivity index (χ2v) is 1.58. The van der Waals surface area contributed by atoms with E-state index in [1.807, 2.05) is 18.6 Å². The predicted molar refractivity (Wildman–Crippen MR) is 31.7 cm³/mol. The Morgan fingerprint density at radius 3 is 2.00 bits per heavy atom. The van der Waals surface area contributed by atoms with Gasteiger partial charge in [0.2, 0.25) is 0 Å². The summed E-state index contributed by atoms with van der Waals surface area (Å²) in [6.07, 6.45) is 5.84. The molecule has 1 aliphatic carbocycles. The Balaban J connectivity index is 2.81. The van der Waals surface area contributed by atoms with E-state index in [2.05, 4.69) is 13.2 Å². The normalized spacial score (nSPS) is 18.9. The molecular formula is C7H7. The molecule has 0 aromatic carbocycles. The Bertz CT molecular complexity index is 138. The van der Waals surface area contributed by atoms with Crippen LogP contribution < -0.4 is 0 Å². The molecule has 0 aromatic rings. The van der Waals surface area contributed by atoms with Gasteiger partial charge in [-0.25, -0.2) is 0 Å². The highest BCUT2D eigenvalue weighted by atomic mass is 14.0. The molecule has 0 bridgehead atoms. The maximum absolute atomic E-state index is 3.72. The molecule has 0 atom stereocenters. The van der Waals surface area contributed by atoms with Crippen molar-refractivity contribution in [2.75, 3.05) is 0 Å². The van der Waals surface area contributed by atoms with Crippen molar-refractivity contribution >= 4 is 0 Å². The highest BCUT2D eigenvalue weighted by Crippen LogP contribution is 2.17. The van der Waals surface area contributed by atoms with E-state index < -0.39 is 0 Å². The third kappa shape index (κ3) is 0.637. The maximum atomic E-state index is 3.72. The summed E-state index contributed by atoms with van der Waals surface area (Å²) in [5.74, 6) is 0. The van der Waals surface area contributed by atoms with Gasteiger partial charge < -0.3 is 0 Å². The highest BCUT2D eigenvalue weighted by molar-refractivity contribution is 5.49. The Kier molecular flexibility index (Phi) is 0.861. The molecule has 0 saturated carbocycles. The SMILES string of the molecule is C=C1[CH]C=CC1=C. The minimum absolute atomic E-state index is 1.03. The minimum Gasteiger partial charge on any atom is -0.0946 e. The molecule has 0 unspecified atom stereocenters. The molecule has 0 amide bonds. The molecule has 0 heteroatoms. The van der Waals surface area contributed by atoms with Crippen LogP contribution in [0.5, 0.6) is 0 Å². The Hall–Kier alpha value is -0.780. The molecule has 1 aliphatic rings. The van der Waals surface area contributed by atoms with Crippen molar-refractivity contribution in [1.29, 1.82) is 0 Å². The summed E-state index contributed by atoms with van der Waals surface area (Å²) in [6.45, 7) is 7.44. The van der Waals surface area contributed by atoms with Gasteiger partial charge in [-0.15, -0.1) is 0 Å². The smallest absolute Gasteiger partial charge is 0.0125 e. The summed E-state index contributed by atoms with van der Waals surface area (Å²) in [4.78, 5) is 0. The summed E-state index contributed by atoms with van der Waals surface area (Å²) in [5, 5.41) is 0. The van der Waals surface area contributed by atoms with E-state index >= 15 is 0 Å². The standard InChI is InChI=1S/C7H7/c1-6-4-3-5-7(6)2/h3-5H,1-2H2. The van der Waals surface area contributed by atoms with Gasteiger partial charge in [0.15, 0.2) is 0 Å². The third-order valence-electron chi connectivity index (χ3n) is 1.01. The van der Waals surface area contributed by atoms with E-state index in [0.717, 1.165) is 11.1 Å². The van der Waals surface area contributed by atoms with Gasteiger partial charge in [-0.3, -0.25) is 0 Å². The highest BCUT2D eigenvalue weighted by Gasteiger charge is 1.99. The fourth-order valence-corrected chi connectivity index (χ4v) is 0.494.